The third kappa shape index (κ3) is 2.38. The smallest absolute Gasteiger partial charge is 0.111 e. The number of hydrogen-bond donors (Lipinski definition) is 1. The fourth-order valence-electron chi connectivity index (χ4n) is 2.97. The minimum absolute atomic E-state index is 0.430. The van der Waals surface area contributed by atoms with E-state index in [-0.39, 0.29) is 0 Å². The lowest BCUT2D eigenvalue weighted by Gasteiger charge is -2.42. The molecule has 4 heteroatoms. The van der Waals surface area contributed by atoms with Gasteiger partial charge in [0.1, 0.15) is 6.10 Å². The molecule has 1 aromatic rings. The summed E-state index contributed by atoms with van der Waals surface area (Å²) in [5.74, 6) is 0.607. The van der Waals surface area contributed by atoms with Crippen molar-refractivity contribution in [1.82, 2.24) is 9.78 Å². The van der Waals surface area contributed by atoms with Gasteiger partial charge in [0, 0.05) is 25.9 Å². The summed E-state index contributed by atoms with van der Waals surface area (Å²) in [4.78, 5) is 0. The van der Waals surface area contributed by atoms with Gasteiger partial charge in [-0.15, -0.1) is 0 Å². The van der Waals surface area contributed by atoms with Gasteiger partial charge in [0.05, 0.1) is 11.8 Å². The molecule has 1 fully saturated rings. The zero-order valence-corrected chi connectivity index (χ0v) is 10.9. The van der Waals surface area contributed by atoms with Crippen LogP contribution in [0.25, 0.3) is 0 Å². The van der Waals surface area contributed by atoms with E-state index in [1.54, 1.807) is 18.0 Å². The molecule has 0 amide bonds. The summed E-state index contributed by atoms with van der Waals surface area (Å²) in [7, 11) is 3.57. The Morgan fingerprint density at radius 1 is 1.65 bits per heavy atom. The second-order valence-electron chi connectivity index (χ2n) is 5.32. The van der Waals surface area contributed by atoms with Crippen LogP contribution in [0.1, 0.15) is 44.3 Å². The van der Waals surface area contributed by atoms with E-state index in [1.165, 1.54) is 6.42 Å². The molecule has 17 heavy (non-hydrogen) atoms. The van der Waals surface area contributed by atoms with Gasteiger partial charge in [-0.3, -0.25) is 4.68 Å². The van der Waals surface area contributed by atoms with Crippen molar-refractivity contribution >= 4 is 0 Å². The van der Waals surface area contributed by atoms with E-state index >= 15 is 0 Å². The molecule has 1 heterocycles. The Balaban J connectivity index is 2.22. The molecule has 1 aromatic heterocycles. The molecular weight excluding hydrogens is 216 g/mol. The SMILES string of the molecule is COC1(C(O)c2cnn(C)c2)CCCC(C)C1. The predicted molar refractivity (Wildman–Crippen MR) is 65.5 cm³/mol. The molecule has 0 saturated heterocycles. The maximum Gasteiger partial charge on any atom is 0.111 e. The standard InChI is InChI=1S/C13H22N2O2/c1-10-5-4-6-13(7-10,17-3)12(16)11-8-14-15(2)9-11/h8-10,12,16H,4-7H2,1-3H3. The van der Waals surface area contributed by atoms with E-state index in [1.807, 2.05) is 13.2 Å². The van der Waals surface area contributed by atoms with Gasteiger partial charge < -0.3 is 9.84 Å². The van der Waals surface area contributed by atoms with E-state index in [9.17, 15) is 5.11 Å². The molecule has 0 bridgehead atoms. The van der Waals surface area contributed by atoms with Crippen molar-refractivity contribution in [2.45, 2.75) is 44.3 Å². The lowest BCUT2D eigenvalue weighted by Crippen LogP contribution is -2.42. The summed E-state index contributed by atoms with van der Waals surface area (Å²) in [6.45, 7) is 2.23. The molecule has 2 rings (SSSR count). The Morgan fingerprint density at radius 3 is 2.94 bits per heavy atom. The van der Waals surface area contributed by atoms with Crippen molar-refractivity contribution < 1.29 is 9.84 Å². The Labute approximate surface area is 103 Å². The van der Waals surface area contributed by atoms with Gasteiger partial charge in [-0.2, -0.15) is 5.10 Å². The number of hydrogen-bond acceptors (Lipinski definition) is 3. The average Bonchev–Trinajstić information content (AvgIpc) is 2.74. The second kappa shape index (κ2) is 4.78. The first-order chi connectivity index (χ1) is 8.07. The monoisotopic (exact) mass is 238 g/mol. The minimum atomic E-state index is -0.580. The van der Waals surface area contributed by atoms with E-state index in [0.717, 1.165) is 24.8 Å². The number of rotatable bonds is 3. The Morgan fingerprint density at radius 2 is 2.41 bits per heavy atom. The molecule has 3 atom stereocenters. The van der Waals surface area contributed by atoms with Crippen molar-refractivity contribution in [3.63, 3.8) is 0 Å². The molecule has 3 unspecified atom stereocenters. The quantitative estimate of drug-likeness (QED) is 0.876. The molecule has 0 radical (unpaired) electrons. The molecule has 0 aliphatic heterocycles. The fraction of sp³-hybridized carbons (Fsp3) is 0.769. The highest BCUT2D eigenvalue weighted by molar-refractivity contribution is 5.14. The largest absolute Gasteiger partial charge is 0.385 e. The van der Waals surface area contributed by atoms with Crippen molar-refractivity contribution in [3.8, 4) is 0 Å². The summed E-state index contributed by atoms with van der Waals surface area (Å²) in [5, 5.41) is 14.7. The van der Waals surface area contributed by atoms with Crippen molar-refractivity contribution in [3.05, 3.63) is 18.0 Å². The average molecular weight is 238 g/mol. The number of aliphatic hydroxyl groups is 1. The van der Waals surface area contributed by atoms with Gasteiger partial charge in [0.25, 0.3) is 0 Å². The summed E-state index contributed by atoms with van der Waals surface area (Å²) >= 11 is 0. The van der Waals surface area contributed by atoms with Crippen LogP contribution in [0.5, 0.6) is 0 Å². The number of methoxy groups -OCH3 is 1. The van der Waals surface area contributed by atoms with Gasteiger partial charge in [0.15, 0.2) is 0 Å². The molecule has 1 aliphatic rings. The number of aliphatic hydroxyl groups excluding tert-OH is 1. The Kier molecular flexibility index (Phi) is 3.54. The van der Waals surface area contributed by atoms with Crippen LogP contribution in [0.4, 0.5) is 0 Å². The van der Waals surface area contributed by atoms with Crippen molar-refractivity contribution in [2.24, 2.45) is 13.0 Å². The lowest BCUT2D eigenvalue weighted by atomic mass is 9.74. The maximum atomic E-state index is 10.5. The Hall–Kier alpha value is -0.870. The molecule has 0 spiro atoms. The van der Waals surface area contributed by atoms with Crippen LogP contribution in [-0.2, 0) is 11.8 Å². The lowest BCUT2D eigenvalue weighted by molar-refractivity contribution is -0.134. The summed E-state index contributed by atoms with van der Waals surface area (Å²) < 4.78 is 7.40. The van der Waals surface area contributed by atoms with E-state index in [0.29, 0.717) is 5.92 Å². The van der Waals surface area contributed by atoms with Crippen LogP contribution in [0.15, 0.2) is 12.4 Å². The predicted octanol–water partition coefficient (Wildman–Crippen LogP) is 2.05. The van der Waals surface area contributed by atoms with Crippen molar-refractivity contribution in [2.75, 3.05) is 7.11 Å². The zero-order chi connectivity index (χ0) is 12.5. The topological polar surface area (TPSA) is 47.3 Å². The molecule has 1 N–H and O–H groups in total. The third-order valence-electron chi connectivity index (χ3n) is 3.94. The van der Waals surface area contributed by atoms with Crippen LogP contribution in [0.2, 0.25) is 0 Å². The summed E-state index contributed by atoms with van der Waals surface area (Å²) in [6, 6.07) is 0. The molecule has 4 nitrogen and oxygen atoms in total. The highest BCUT2D eigenvalue weighted by Crippen LogP contribution is 2.43. The van der Waals surface area contributed by atoms with Gasteiger partial charge in [0.2, 0.25) is 0 Å². The summed E-state index contributed by atoms with van der Waals surface area (Å²) in [5.41, 5.74) is 0.421. The van der Waals surface area contributed by atoms with Gasteiger partial charge in [-0.25, -0.2) is 0 Å². The first kappa shape index (κ1) is 12.6. The van der Waals surface area contributed by atoms with Crippen LogP contribution >= 0.6 is 0 Å². The first-order valence-electron chi connectivity index (χ1n) is 6.29. The van der Waals surface area contributed by atoms with Gasteiger partial charge >= 0.3 is 0 Å². The number of ether oxygens (including phenoxy) is 1. The van der Waals surface area contributed by atoms with Crippen LogP contribution < -0.4 is 0 Å². The fourth-order valence-corrected chi connectivity index (χ4v) is 2.97. The third-order valence-corrected chi connectivity index (χ3v) is 3.94. The van der Waals surface area contributed by atoms with Crippen LogP contribution in [0.3, 0.4) is 0 Å². The zero-order valence-electron chi connectivity index (χ0n) is 10.9. The highest BCUT2D eigenvalue weighted by atomic mass is 16.5. The van der Waals surface area contributed by atoms with E-state index < -0.39 is 11.7 Å². The second-order valence-corrected chi connectivity index (χ2v) is 5.32. The normalized spacial score (nSPS) is 31.4. The number of nitrogens with zero attached hydrogens (tertiary/aromatic N) is 2. The van der Waals surface area contributed by atoms with E-state index in [4.69, 9.17) is 4.74 Å². The molecule has 1 aliphatic carbocycles. The van der Waals surface area contributed by atoms with Crippen LogP contribution in [-0.4, -0.2) is 27.6 Å². The first-order valence-corrected chi connectivity index (χ1v) is 6.29. The highest BCUT2D eigenvalue weighted by Gasteiger charge is 2.42. The van der Waals surface area contributed by atoms with Crippen molar-refractivity contribution in [1.29, 1.82) is 0 Å². The summed E-state index contributed by atoms with van der Waals surface area (Å²) in [6.07, 6.45) is 7.19. The number of aromatic nitrogens is 2. The van der Waals surface area contributed by atoms with Crippen LogP contribution in [0, 0.1) is 5.92 Å². The van der Waals surface area contributed by atoms with Gasteiger partial charge in [-0.1, -0.05) is 19.8 Å². The molecule has 1 saturated carbocycles. The molecule has 96 valence electrons. The molecular formula is C13H22N2O2. The van der Waals surface area contributed by atoms with E-state index in [2.05, 4.69) is 12.0 Å². The minimum Gasteiger partial charge on any atom is -0.385 e. The number of aryl methyl sites for hydroxylation is 1. The van der Waals surface area contributed by atoms with Gasteiger partial charge in [-0.05, 0) is 18.8 Å². The Bertz CT molecular complexity index is 377. The maximum absolute atomic E-state index is 10.5. The molecule has 0 aromatic carbocycles.